The predicted molar refractivity (Wildman–Crippen MR) is 135 cm³/mol. The molecule has 0 atom stereocenters. The molecule has 0 unspecified atom stereocenters. The summed E-state index contributed by atoms with van der Waals surface area (Å²) >= 11 is 6.10. The summed E-state index contributed by atoms with van der Waals surface area (Å²) in [5.74, 6) is 1.03. The maximum Gasteiger partial charge on any atom is 0.120 e. The molecule has 4 rings (SSSR count). The van der Waals surface area contributed by atoms with Crippen molar-refractivity contribution in [2.75, 3.05) is 25.5 Å². The molecule has 6 heteroatoms. The highest BCUT2D eigenvalue weighted by molar-refractivity contribution is 6.31. The molecule has 0 fully saturated rings. The maximum absolute atomic E-state index is 10.4. The minimum absolute atomic E-state index is 0.286. The average molecular weight is 462 g/mol. The number of pyridine rings is 1. The van der Waals surface area contributed by atoms with E-state index in [1.165, 1.54) is 5.56 Å². The number of aromatic nitrogens is 1. The lowest BCUT2D eigenvalue weighted by molar-refractivity contribution is 0.252. The standard InChI is InChI=1S/C27H28ClN3O2/c1-33-23-9-11-27(32)21(16-23)19-31(18-20-6-3-2-4-7-20)15-5-13-29-25-12-14-30-26-17-22(28)8-10-24(25)26/h2-4,6-12,14,16-17,32H,5,13,15,18-19H2,1H3,(H,29,30). The Balaban J connectivity index is 1.42. The van der Waals surface area contributed by atoms with Crippen LogP contribution in [0.3, 0.4) is 0 Å². The quantitative estimate of drug-likeness (QED) is 0.279. The predicted octanol–water partition coefficient (Wildman–Crippen LogP) is 6.11. The highest BCUT2D eigenvalue weighted by atomic mass is 35.5. The minimum atomic E-state index is 0.286. The first-order valence-electron chi connectivity index (χ1n) is 11.0. The first kappa shape index (κ1) is 22.9. The first-order valence-corrected chi connectivity index (χ1v) is 11.4. The third-order valence-electron chi connectivity index (χ3n) is 5.60. The molecule has 1 aromatic heterocycles. The van der Waals surface area contributed by atoms with Crippen LogP contribution in [0.15, 0.2) is 79.0 Å². The molecule has 4 aromatic rings. The van der Waals surface area contributed by atoms with E-state index in [0.717, 1.165) is 54.0 Å². The number of rotatable bonds is 10. The number of halogens is 1. The van der Waals surface area contributed by atoms with Crippen molar-refractivity contribution >= 4 is 28.2 Å². The minimum Gasteiger partial charge on any atom is -0.508 e. The fraction of sp³-hybridized carbons (Fsp3) is 0.222. The van der Waals surface area contributed by atoms with Gasteiger partial charge in [0.05, 0.1) is 12.6 Å². The molecule has 0 aliphatic carbocycles. The number of hydrogen-bond donors (Lipinski definition) is 2. The van der Waals surface area contributed by atoms with E-state index in [4.69, 9.17) is 16.3 Å². The van der Waals surface area contributed by atoms with Crippen molar-refractivity contribution in [2.45, 2.75) is 19.5 Å². The highest BCUT2D eigenvalue weighted by Gasteiger charge is 2.12. The van der Waals surface area contributed by atoms with Gasteiger partial charge in [0, 0.05) is 54.0 Å². The van der Waals surface area contributed by atoms with Gasteiger partial charge in [-0.3, -0.25) is 9.88 Å². The van der Waals surface area contributed by atoms with Crippen LogP contribution in [0.5, 0.6) is 11.5 Å². The normalized spacial score (nSPS) is 11.1. The Morgan fingerprint density at radius 2 is 1.85 bits per heavy atom. The third kappa shape index (κ3) is 6.15. The largest absolute Gasteiger partial charge is 0.508 e. The van der Waals surface area contributed by atoms with Gasteiger partial charge in [0.25, 0.3) is 0 Å². The second-order valence-electron chi connectivity index (χ2n) is 7.99. The van der Waals surface area contributed by atoms with Crippen LogP contribution in [0.1, 0.15) is 17.5 Å². The molecule has 0 radical (unpaired) electrons. The van der Waals surface area contributed by atoms with Gasteiger partial charge in [0.15, 0.2) is 0 Å². The van der Waals surface area contributed by atoms with E-state index in [2.05, 4.69) is 39.5 Å². The van der Waals surface area contributed by atoms with Crippen LogP contribution < -0.4 is 10.1 Å². The van der Waals surface area contributed by atoms with E-state index < -0.39 is 0 Å². The van der Waals surface area contributed by atoms with E-state index in [1.807, 2.05) is 36.4 Å². The molecule has 5 nitrogen and oxygen atoms in total. The molecule has 0 saturated heterocycles. The zero-order chi connectivity index (χ0) is 23.0. The number of fused-ring (bicyclic) bond motifs is 1. The highest BCUT2D eigenvalue weighted by Crippen LogP contribution is 2.26. The van der Waals surface area contributed by atoms with Gasteiger partial charge in [-0.2, -0.15) is 0 Å². The van der Waals surface area contributed by atoms with Crippen LogP contribution in [-0.2, 0) is 13.1 Å². The Morgan fingerprint density at radius 1 is 1.00 bits per heavy atom. The van der Waals surface area contributed by atoms with E-state index in [1.54, 1.807) is 25.4 Å². The Morgan fingerprint density at radius 3 is 2.67 bits per heavy atom. The molecule has 0 amide bonds. The Kier molecular flexibility index (Phi) is 7.66. The molecule has 0 saturated carbocycles. The van der Waals surface area contributed by atoms with Gasteiger partial charge in [-0.1, -0.05) is 41.9 Å². The van der Waals surface area contributed by atoms with Crippen LogP contribution in [0.25, 0.3) is 10.9 Å². The summed E-state index contributed by atoms with van der Waals surface area (Å²) < 4.78 is 5.35. The number of phenolic OH excluding ortho intramolecular Hbond substituents is 1. The monoisotopic (exact) mass is 461 g/mol. The van der Waals surface area contributed by atoms with Gasteiger partial charge in [0.2, 0.25) is 0 Å². The molecule has 3 aromatic carbocycles. The van der Waals surface area contributed by atoms with Gasteiger partial charge >= 0.3 is 0 Å². The van der Waals surface area contributed by atoms with Gasteiger partial charge in [0.1, 0.15) is 11.5 Å². The van der Waals surface area contributed by atoms with Crippen LogP contribution in [0.4, 0.5) is 5.69 Å². The molecule has 0 aliphatic rings. The molecule has 170 valence electrons. The molecule has 33 heavy (non-hydrogen) atoms. The molecule has 0 spiro atoms. The summed E-state index contributed by atoms with van der Waals surface area (Å²) in [5.41, 5.74) is 4.03. The summed E-state index contributed by atoms with van der Waals surface area (Å²) in [6, 6.07) is 23.5. The molecule has 2 N–H and O–H groups in total. The zero-order valence-corrected chi connectivity index (χ0v) is 19.4. The summed E-state index contributed by atoms with van der Waals surface area (Å²) in [7, 11) is 1.64. The van der Waals surface area contributed by atoms with Crippen molar-refractivity contribution in [3.8, 4) is 11.5 Å². The number of hydrogen-bond acceptors (Lipinski definition) is 5. The van der Waals surface area contributed by atoms with Crippen molar-refractivity contribution in [3.05, 3.63) is 95.1 Å². The lowest BCUT2D eigenvalue weighted by Gasteiger charge is -2.23. The second kappa shape index (κ2) is 11.0. The van der Waals surface area contributed by atoms with E-state index in [9.17, 15) is 5.11 Å². The summed E-state index contributed by atoms with van der Waals surface area (Å²) in [5, 5.41) is 15.7. The number of aromatic hydroxyl groups is 1. The van der Waals surface area contributed by atoms with Crippen LogP contribution in [0.2, 0.25) is 5.02 Å². The number of benzene rings is 3. The fourth-order valence-electron chi connectivity index (χ4n) is 3.91. The number of nitrogens with one attached hydrogen (secondary N) is 1. The first-order chi connectivity index (χ1) is 16.1. The van der Waals surface area contributed by atoms with Crippen molar-refractivity contribution < 1.29 is 9.84 Å². The zero-order valence-electron chi connectivity index (χ0n) is 18.7. The van der Waals surface area contributed by atoms with E-state index in [-0.39, 0.29) is 5.75 Å². The van der Waals surface area contributed by atoms with Gasteiger partial charge < -0.3 is 15.2 Å². The Labute approximate surface area is 199 Å². The maximum atomic E-state index is 10.4. The number of phenols is 1. The number of methoxy groups -OCH3 is 1. The van der Waals surface area contributed by atoms with Gasteiger partial charge in [-0.25, -0.2) is 0 Å². The van der Waals surface area contributed by atoms with Gasteiger partial charge in [-0.15, -0.1) is 0 Å². The molecule has 0 bridgehead atoms. The summed E-state index contributed by atoms with van der Waals surface area (Å²) in [6.45, 7) is 3.12. The molecular weight excluding hydrogens is 434 g/mol. The van der Waals surface area contributed by atoms with Crippen molar-refractivity contribution in [1.29, 1.82) is 0 Å². The fourth-order valence-corrected chi connectivity index (χ4v) is 4.08. The third-order valence-corrected chi connectivity index (χ3v) is 5.84. The Hall–Kier alpha value is -3.28. The number of anilines is 1. The van der Waals surface area contributed by atoms with E-state index >= 15 is 0 Å². The topological polar surface area (TPSA) is 57.6 Å². The average Bonchev–Trinajstić information content (AvgIpc) is 2.83. The number of ether oxygens (including phenoxy) is 1. The van der Waals surface area contributed by atoms with Crippen molar-refractivity contribution in [1.82, 2.24) is 9.88 Å². The molecule has 1 heterocycles. The van der Waals surface area contributed by atoms with Crippen molar-refractivity contribution in [2.24, 2.45) is 0 Å². The van der Waals surface area contributed by atoms with Crippen LogP contribution in [0, 0.1) is 0 Å². The summed E-state index contributed by atoms with van der Waals surface area (Å²) in [6.07, 6.45) is 2.74. The number of nitrogens with zero attached hydrogens (tertiary/aromatic N) is 2. The second-order valence-corrected chi connectivity index (χ2v) is 8.43. The van der Waals surface area contributed by atoms with Crippen molar-refractivity contribution in [3.63, 3.8) is 0 Å². The molecule has 0 aliphatic heterocycles. The lowest BCUT2D eigenvalue weighted by Crippen LogP contribution is -2.25. The smallest absolute Gasteiger partial charge is 0.120 e. The Bertz CT molecular complexity index is 1200. The van der Waals surface area contributed by atoms with Crippen LogP contribution >= 0.6 is 11.6 Å². The summed E-state index contributed by atoms with van der Waals surface area (Å²) in [4.78, 5) is 6.75. The van der Waals surface area contributed by atoms with Gasteiger partial charge in [-0.05, 0) is 54.4 Å². The molecular formula is C27H28ClN3O2. The lowest BCUT2D eigenvalue weighted by atomic mass is 10.1. The SMILES string of the molecule is COc1ccc(O)c(CN(CCCNc2ccnc3cc(Cl)ccc23)Cc2ccccc2)c1. The van der Waals surface area contributed by atoms with Crippen LogP contribution in [-0.4, -0.2) is 35.2 Å². The van der Waals surface area contributed by atoms with E-state index in [0.29, 0.717) is 11.6 Å².